The maximum atomic E-state index is 12.4. The number of nitrogens with one attached hydrogen (secondary N) is 1. The number of rotatable bonds is 4. The van der Waals surface area contributed by atoms with Crippen LogP contribution in [0.1, 0.15) is 6.42 Å². The number of hydrogen-bond acceptors (Lipinski definition) is 3. The third kappa shape index (κ3) is 2.85. The van der Waals surface area contributed by atoms with Crippen LogP contribution in [-0.4, -0.2) is 39.4 Å². The van der Waals surface area contributed by atoms with Gasteiger partial charge in [0.1, 0.15) is 0 Å². The minimum absolute atomic E-state index is 0.317. The molecule has 1 N–H and O–H groups in total. The monoisotopic (exact) mass is 288 g/mol. The molecule has 0 spiro atoms. The van der Waals surface area contributed by atoms with Gasteiger partial charge in [-0.3, -0.25) is 0 Å². The second-order valence-corrected chi connectivity index (χ2v) is 6.90. The summed E-state index contributed by atoms with van der Waals surface area (Å²) in [6.45, 7) is 2.04. The Bertz CT molecular complexity index is 501. The van der Waals surface area contributed by atoms with E-state index in [2.05, 4.69) is 5.32 Å². The molecule has 0 unspecified atom stereocenters. The fraction of sp³-hybridized carbons (Fsp3) is 0.500. The van der Waals surface area contributed by atoms with Gasteiger partial charge in [-0.15, -0.1) is 0 Å². The molecule has 18 heavy (non-hydrogen) atoms. The molecule has 0 bridgehead atoms. The van der Waals surface area contributed by atoms with Crippen molar-refractivity contribution in [1.82, 2.24) is 9.62 Å². The minimum Gasteiger partial charge on any atom is -0.319 e. The second-order valence-electron chi connectivity index (χ2n) is 4.53. The first-order chi connectivity index (χ1) is 8.54. The number of benzene rings is 1. The van der Waals surface area contributed by atoms with Crippen LogP contribution in [0.5, 0.6) is 0 Å². The van der Waals surface area contributed by atoms with Gasteiger partial charge in [0.25, 0.3) is 0 Å². The van der Waals surface area contributed by atoms with Crippen molar-refractivity contribution >= 4 is 21.6 Å². The lowest BCUT2D eigenvalue weighted by Crippen LogP contribution is -2.30. The van der Waals surface area contributed by atoms with Crippen LogP contribution in [-0.2, 0) is 10.0 Å². The van der Waals surface area contributed by atoms with Gasteiger partial charge < -0.3 is 5.32 Å². The van der Waals surface area contributed by atoms with E-state index in [0.717, 1.165) is 13.0 Å². The molecule has 0 radical (unpaired) electrons. The zero-order valence-corrected chi connectivity index (χ0v) is 11.8. The van der Waals surface area contributed by atoms with Crippen LogP contribution < -0.4 is 5.32 Å². The third-order valence-electron chi connectivity index (χ3n) is 3.19. The lowest BCUT2D eigenvalue weighted by atomic mass is 10.1. The topological polar surface area (TPSA) is 49.4 Å². The van der Waals surface area contributed by atoms with Gasteiger partial charge in [-0.25, -0.2) is 8.42 Å². The van der Waals surface area contributed by atoms with E-state index in [1.807, 2.05) is 7.05 Å². The quantitative estimate of drug-likeness (QED) is 0.915. The van der Waals surface area contributed by atoms with Crippen LogP contribution in [0.4, 0.5) is 0 Å². The summed E-state index contributed by atoms with van der Waals surface area (Å²) in [5.41, 5.74) is 0. The minimum atomic E-state index is -3.36. The Balaban J connectivity index is 2.15. The average Bonchev–Trinajstić information content (AvgIpc) is 2.79. The van der Waals surface area contributed by atoms with Crippen molar-refractivity contribution in [2.24, 2.45) is 5.92 Å². The van der Waals surface area contributed by atoms with E-state index in [0.29, 0.717) is 28.9 Å². The standard InChI is InChI=1S/C12H17ClN2O2S/c1-14-8-10-6-7-15(9-10)18(16,17)12-4-2-11(13)3-5-12/h2-5,10,14H,6-9H2,1H3/t10-/m0/s1. The molecule has 1 fully saturated rings. The number of nitrogens with zero attached hydrogens (tertiary/aromatic N) is 1. The first-order valence-corrected chi connectivity index (χ1v) is 7.76. The van der Waals surface area contributed by atoms with Crippen molar-refractivity contribution in [3.63, 3.8) is 0 Å². The highest BCUT2D eigenvalue weighted by Crippen LogP contribution is 2.24. The SMILES string of the molecule is CNC[C@@H]1CCN(S(=O)(=O)c2ccc(Cl)cc2)C1. The van der Waals surface area contributed by atoms with Gasteiger partial charge in [0.05, 0.1) is 4.90 Å². The largest absolute Gasteiger partial charge is 0.319 e. The summed E-state index contributed by atoms with van der Waals surface area (Å²) in [6, 6.07) is 6.33. The molecule has 1 saturated heterocycles. The lowest BCUT2D eigenvalue weighted by Gasteiger charge is -2.16. The third-order valence-corrected chi connectivity index (χ3v) is 5.32. The zero-order valence-electron chi connectivity index (χ0n) is 10.3. The zero-order chi connectivity index (χ0) is 13.2. The van der Waals surface area contributed by atoms with E-state index in [1.165, 1.54) is 0 Å². The van der Waals surface area contributed by atoms with E-state index in [4.69, 9.17) is 11.6 Å². The van der Waals surface area contributed by atoms with Gasteiger partial charge in [0.15, 0.2) is 0 Å². The molecule has 100 valence electrons. The summed E-state index contributed by atoms with van der Waals surface area (Å²) in [4.78, 5) is 0.317. The first kappa shape index (κ1) is 13.8. The predicted octanol–water partition coefficient (Wildman–Crippen LogP) is 1.57. The Morgan fingerprint density at radius 1 is 1.39 bits per heavy atom. The van der Waals surface area contributed by atoms with E-state index >= 15 is 0 Å². The van der Waals surface area contributed by atoms with Crippen LogP contribution in [0.15, 0.2) is 29.2 Å². The summed E-state index contributed by atoms with van der Waals surface area (Å²) >= 11 is 5.77. The molecule has 0 amide bonds. The maximum absolute atomic E-state index is 12.4. The highest BCUT2D eigenvalue weighted by Gasteiger charge is 2.31. The van der Waals surface area contributed by atoms with Gasteiger partial charge in [0.2, 0.25) is 10.0 Å². The first-order valence-electron chi connectivity index (χ1n) is 5.94. The Kier molecular flexibility index (Phi) is 4.27. The van der Waals surface area contributed by atoms with Gasteiger partial charge >= 0.3 is 0 Å². The van der Waals surface area contributed by atoms with E-state index in [9.17, 15) is 8.42 Å². The molecule has 0 aromatic heterocycles. The molecule has 1 aromatic rings. The van der Waals surface area contributed by atoms with Gasteiger partial charge in [-0.2, -0.15) is 4.31 Å². The predicted molar refractivity (Wildman–Crippen MR) is 72.2 cm³/mol. The molecule has 0 aliphatic carbocycles. The molecular formula is C12H17ClN2O2S. The molecule has 4 nitrogen and oxygen atoms in total. The van der Waals surface area contributed by atoms with Crippen LogP contribution >= 0.6 is 11.6 Å². The van der Waals surface area contributed by atoms with Crippen LogP contribution in [0.3, 0.4) is 0 Å². The molecule has 1 aliphatic rings. The van der Waals surface area contributed by atoms with Crippen molar-refractivity contribution in [2.75, 3.05) is 26.7 Å². The van der Waals surface area contributed by atoms with Crippen molar-refractivity contribution in [1.29, 1.82) is 0 Å². The summed E-state index contributed by atoms with van der Waals surface area (Å²) < 4.78 is 26.3. The van der Waals surface area contributed by atoms with Crippen molar-refractivity contribution in [3.05, 3.63) is 29.3 Å². The Morgan fingerprint density at radius 2 is 2.06 bits per heavy atom. The molecule has 1 heterocycles. The van der Waals surface area contributed by atoms with E-state index < -0.39 is 10.0 Å². The van der Waals surface area contributed by atoms with Crippen molar-refractivity contribution < 1.29 is 8.42 Å². The molecule has 1 aromatic carbocycles. The smallest absolute Gasteiger partial charge is 0.243 e. The summed E-state index contributed by atoms with van der Waals surface area (Å²) in [6.07, 6.45) is 0.910. The summed E-state index contributed by atoms with van der Waals surface area (Å²) in [7, 11) is -1.47. The Hall–Kier alpha value is -0.620. The number of sulfonamides is 1. The molecule has 1 atom stereocenters. The van der Waals surface area contributed by atoms with Crippen LogP contribution in [0, 0.1) is 5.92 Å². The summed E-state index contributed by atoms with van der Waals surface area (Å²) in [5.74, 6) is 0.400. The fourth-order valence-electron chi connectivity index (χ4n) is 2.23. The number of halogens is 1. The molecular weight excluding hydrogens is 272 g/mol. The highest BCUT2D eigenvalue weighted by molar-refractivity contribution is 7.89. The normalized spacial score (nSPS) is 21.3. The van der Waals surface area contributed by atoms with Crippen LogP contribution in [0.25, 0.3) is 0 Å². The average molecular weight is 289 g/mol. The van der Waals surface area contributed by atoms with Crippen LogP contribution in [0.2, 0.25) is 5.02 Å². The molecule has 2 rings (SSSR count). The van der Waals surface area contributed by atoms with Crippen molar-refractivity contribution in [3.8, 4) is 0 Å². The van der Waals surface area contributed by atoms with E-state index in [1.54, 1.807) is 28.6 Å². The lowest BCUT2D eigenvalue weighted by molar-refractivity contribution is 0.451. The second kappa shape index (κ2) is 5.57. The summed E-state index contributed by atoms with van der Waals surface area (Å²) in [5, 5.41) is 3.63. The molecule has 0 saturated carbocycles. The Labute approximate surface area is 113 Å². The van der Waals surface area contributed by atoms with Crippen molar-refractivity contribution in [2.45, 2.75) is 11.3 Å². The highest BCUT2D eigenvalue weighted by atomic mass is 35.5. The number of hydrogen-bond donors (Lipinski definition) is 1. The molecule has 1 aliphatic heterocycles. The molecule has 6 heteroatoms. The van der Waals surface area contributed by atoms with Gasteiger partial charge in [0, 0.05) is 18.1 Å². The Morgan fingerprint density at radius 3 is 2.67 bits per heavy atom. The maximum Gasteiger partial charge on any atom is 0.243 e. The van der Waals surface area contributed by atoms with E-state index in [-0.39, 0.29) is 0 Å². The van der Waals surface area contributed by atoms with Gasteiger partial charge in [-0.05, 0) is 50.2 Å². The fourth-order valence-corrected chi connectivity index (χ4v) is 3.88. The van der Waals surface area contributed by atoms with Gasteiger partial charge in [-0.1, -0.05) is 11.6 Å².